The van der Waals surface area contributed by atoms with Gasteiger partial charge in [-0.1, -0.05) is 11.6 Å². The molecule has 0 spiro atoms. The van der Waals surface area contributed by atoms with Crippen LogP contribution >= 0.6 is 27.5 Å². The van der Waals surface area contributed by atoms with E-state index in [1.807, 2.05) is 19.1 Å². The van der Waals surface area contributed by atoms with Gasteiger partial charge in [0.2, 0.25) is 5.91 Å². The molecule has 1 amide bonds. The first kappa shape index (κ1) is 12.7. The molecule has 1 unspecified atom stereocenters. The molecule has 3 rings (SSSR count). The van der Waals surface area contributed by atoms with E-state index in [-0.39, 0.29) is 5.91 Å². The van der Waals surface area contributed by atoms with Crippen molar-refractivity contribution in [3.05, 3.63) is 39.1 Å². The maximum Gasteiger partial charge on any atom is 0.245 e. The lowest BCUT2D eigenvalue weighted by Crippen LogP contribution is -2.19. The predicted molar refractivity (Wildman–Crippen MR) is 76.6 cm³/mol. The molecule has 7 heteroatoms. The SMILES string of the molecule is Cc1nn(-c2cc3c(cc2Br)C(N)C(=O)N3)cc1Cl. The van der Waals surface area contributed by atoms with E-state index in [9.17, 15) is 4.79 Å². The number of nitrogens with zero attached hydrogens (tertiary/aromatic N) is 2. The van der Waals surface area contributed by atoms with Crippen molar-refractivity contribution in [1.82, 2.24) is 9.78 Å². The Hall–Kier alpha value is -1.37. The molecular formula is C12H10BrClN4O. The zero-order valence-electron chi connectivity index (χ0n) is 9.95. The number of hydrogen-bond acceptors (Lipinski definition) is 3. The highest BCUT2D eigenvalue weighted by molar-refractivity contribution is 9.10. The minimum atomic E-state index is -0.622. The minimum Gasteiger partial charge on any atom is -0.324 e. The van der Waals surface area contributed by atoms with Crippen LogP contribution in [0, 0.1) is 6.92 Å². The van der Waals surface area contributed by atoms with Crippen LogP contribution in [-0.2, 0) is 4.79 Å². The Kier molecular flexibility index (Phi) is 2.88. The summed E-state index contributed by atoms with van der Waals surface area (Å²) in [5.74, 6) is -0.200. The standard InChI is InChI=1S/C12H10BrClN4O/c1-5-8(14)4-18(17-5)10-3-9-6(2-7(10)13)11(15)12(19)16-9/h2-4,11H,15H2,1H3,(H,16,19). The smallest absolute Gasteiger partial charge is 0.245 e. The normalized spacial score (nSPS) is 17.5. The largest absolute Gasteiger partial charge is 0.324 e. The molecule has 5 nitrogen and oxygen atoms in total. The first-order valence-corrected chi connectivity index (χ1v) is 6.76. The second-order valence-electron chi connectivity index (χ2n) is 4.36. The summed E-state index contributed by atoms with van der Waals surface area (Å²) in [4.78, 5) is 11.6. The Balaban J connectivity index is 2.15. The van der Waals surface area contributed by atoms with E-state index in [2.05, 4.69) is 26.3 Å². The van der Waals surface area contributed by atoms with E-state index in [1.54, 1.807) is 10.9 Å². The van der Waals surface area contributed by atoms with Crippen LogP contribution in [0.5, 0.6) is 0 Å². The van der Waals surface area contributed by atoms with Gasteiger partial charge in [0.15, 0.2) is 0 Å². The summed E-state index contributed by atoms with van der Waals surface area (Å²) in [5.41, 5.74) is 8.82. The lowest BCUT2D eigenvalue weighted by atomic mass is 10.1. The zero-order valence-corrected chi connectivity index (χ0v) is 12.3. The average Bonchev–Trinajstić information content (AvgIpc) is 2.82. The average molecular weight is 342 g/mol. The van der Waals surface area contributed by atoms with Gasteiger partial charge in [-0.25, -0.2) is 4.68 Å². The van der Waals surface area contributed by atoms with Gasteiger partial charge < -0.3 is 11.1 Å². The van der Waals surface area contributed by atoms with Crippen LogP contribution in [-0.4, -0.2) is 15.7 Å². The number of aromatic nitrogens is 2. The number of anilines is 1. The third-order valence-corrected chi connectivity index (χ3v) is 4.09. The van der Waals surface area contributed by atoms with Crippen molar-refractivity contribution in [1.29, 1.82) is 0 Å². The fraction of sp³-hybridized carbons (Fsp3) is 0.167. The predicted octanol–water partition coefficient (Wildman–Crippen LogP) is 2.55. The van der Waals surface area contributed by atoms with Gasteiger partial charge in [0.05, 0.1) is 16.4 Å². The first-order valence-electron chi connectivity index (χ1n) is 5.59. The van der Waals surface area contributed by atoms with Crippen LogP contribution < -0.4 is 11.1 Å². The molecular weight excluding hydrogens is 332 g/mol. The van der Waals surface area contributed by atoms with Crippen LogP contribution in [0.1, 0.15) is 17.3 Å². The number of benzene rings is 1. The Labute approximate surface area is 122 Å². The molecule has 1 aromatic carbocycles. The van der Waals surface area contributed by atoms with Crippen LogP contribution in [0.3, 0.4) is 0 Å². The molecule has 0 radical (unpaired) electrons. The summed E-state index contributed by atoms with van der Waals surface area (Å²) in [7, 11) is 0. The number of carbonyl (C=O) groups is 1. The summed E-state index contributed by atoms with van der Waals surface area (Å²) >= 11 is 9.48. The number of aryl methyl sites for hydroxylation is 1. The number of nitrogens with two attached hydrogens (primary N) is 1. The van der Waals surface area contributed by atoms with E-state index in [1.165, 1.54) is 0 Å². The van der Waals surface area contributed by atoms with E-state index in [0.29, 0.717) is 10.7 Å². The van der Waals surface area contributed by atoms with Gasteiger partial charge in [-0.3, -0.25) is 4.79 Å². The third-order valence-electron chi connectivity index (χ3n) is 3.08. The molecule has 1 aromatic heterocycles. The summed E-state index contributed by atoms with van der Waals surface area (Å²) in [6, 6.07) is 3.04. The summed E-state index contributed by atoms with van der Waals surface area (Å²) in [6.45, 7) is 1.83. The molecule has 0 fully saturated rings. The van der Waals surface area contributed by atoms with Crippen molar-refractivity contribution in [2.75, 3.05) is 5.32 Å². The van der Waals surface area contributed by atoms with Crippen molar-refractivity contribution in [3.8, 4) is 5.69 Å². The molecule has 3 N–H and O–H groups in total. The second kappa shape index (κ2) is 4.33. The number of halogens is 2. The number of hydrogen-bond donors (Lipinski definition) is 2. The molecule has 0 aliphatic carbocycles. The van der Waals surface area contributed by atoms with E-state index in [0.717, 1.165) is 21.4 Å². The molecule has 2 aromatic rings. The van der Waals surface area contributed by atoms with Crippen molar-refractivity contribution in [2.24, 2.45) is 5.73 Å². The third kappa shape index (κ3) is 1.96. The lowest BCUT2D eigenvalue weighted by Gasteiger charge is -2.08. The van der Waals surface area contributed by atoms with E-state index in [4.69, 9.17) is 17.3 Å². The Morgan fingerprint density at radius 2 is 2.26 bits per heavy atom. The molecule has 0 saturated heterocycles. The summed E-state index contributed by atoms with van der Waals surface area (Å²) in [6.07, 6.45) is 1.72. The van der Waals surface area contributed by atoms with Gasteiger partial charge in [0.25, 0.3) is 0 Å². The minimum absolute atomic E-state index is 0.200. The maximum absolute atomic E-state index is 11.6. The molecule has 0 bridgehead atoms. The highest BCUT2D eigenvalue weighted by atomic mass is 79.9. The van der Waals surface area contributed by atoms with Gasteiger partial charge in [0.1, 0.15) is 6.04 Å². The second-order valence-corrected chi connectivity index (χ2v) is 5.63. The first-order chi connectivity index (χ1) is 8.97. The van der Waals surface area contributed by atoms with E-state index >= 15 is 0 Å². The van der Waals surface area contributed by atoms with Crippen molar-refractivity contribution in [3.63, 3.8) is 0 Å². The van der Waals surface area contributed by atoms with Crippen LogP contribution in [0.4, 0.5) is 5.69 Å². The van der Waals surface area contributed by atoms with Crippen molar-refractivity contribution in [2.45, 2.75) is 13.0 Å². The maximum atomic E-state index is 11.6. The molecule has 0 saturated carbocycles. The quantitative estimate of drug-likeness (QED) is 0.837. The van der Waals surface area contributed by atoms with Gasteiger partial charge in [-0.05, 0) is 35.0 Å². The molecule has 19 heavy (non-hydrogen) atoms. The number of fused-ring (bicyclic) bond motifs is 1. The Morgan fingerprint density at radius 3 is 2.89 bits per heavy atom. The lowest BCUT2D eigenvalue weighted by molar-refractivity contribution is -0.116. The summed E-state index contributed by atoms with van der Waals surface area (Å²) < 4.78 is 2.47. The number of nitrogens with one attached hydrogen (secondary N) is 1. The molecule has 2 heterocycles. The Bertz CT molecular complexity index is 678. The topological polar surface area (TPSA) is 72.9 Å². The number of rotatable bonds is 1. The van der Waals surface area contributed by atoms with Gasteiger partial charge in [0, 0.05) is 21.9 Å². The highest BCUT2D eigenvalue weighted by Gasteiger charge is 2.28. The van der Waals surface area contributed by atoms with Gasteiger partial charge >= 0.3 is 0 Å². The van der Waals surface area contributed by atoms with Crippen LogP contribution in [0.25, 0.3) is 5.69 Å². The Morgan fingerprint density at radius 1 is 1.53 bits per heavy atom. The van der Waals surface area contributed by atoms with Crippen molar-refractivity contribution < 1.29 is 4.79 Å². The summed E-state index contributed by atoms with van der Waals surface area (Å²) in [5, 5.41) is 7.65. The van der Waals surface area contributed by atoms with Crippen LogP contribution in [0.2, 0.25) is 5.02 Å². The number of amides is 1. The van der Waals surface area contributed by atoms with Crippen molar-refractivity contribution >= 4 is 39.1 Å². The highest BCUT2D eigenvalue weighted by Crippen LogP contribution is 2.35. The fourth-order valence-corrected chi connectivity index (χ4v) is 2.71. The van der Waals surface area contributed by atoms with Crippen LogP contribution in [0.15, 0.2) is 22.8 Å². The van der Waals surface area contributed by atoms with Gasteiger partial charge in [-0.2, -0.15) is 5.10 Å². The fourth-order valence-electron chi connectivity index (χ4n) is 2.03. The molecule has 98 valence electrons. The molecule has 1 atom stereocenters. The monoisotopic (exact) mass is 340 g/mol. The molecule has 1 aliphatic heterocycles. The molecule has 1 aliphatic rings. The zero-order chi connectivity index (χ0) is 13.7. The van der Waals surface area contributed by atoms with E-state index < -0.39 is 6.04 Å². The van der Waals surface area contributed by atoms with Gasteiger partial charge in [-0.15, -0.1) is 0 Å². The number of carbonyl (C=O) groups excluding carboxylic acids is 1.